The molecule has 1 N–H and O–H groups in total. The molecule has 0 bridgehead atoms. The zero-order chi connectivity index (χ0) is 26.7. The molecular formula is C30H25F3N2O3. The first-order chi connectivity index (χ1) is 18.3. The second kappa shape index (κ2) is 10.6. The highest BCUT2D eigenvalue weighted by atomic mass is 19.4. The van der Waals surface area contributed by atoms with E-state index in [9.17, 15) is 22.8 Å². The lowest BCUT2D eigenvalue weighted by Gasteiger charge is -2.26. The molecule has 0 fully saturated rings. The largest absolute Gasteiger partial charge is 0.461 e. The molecule has 38 heavy (non-hydrogen) atoms. The van der Waals surface area contributed by atoms with Gasteiger partial charge in [-0.15, -0.1) is 0 Å². The van der Waals surface area contributed by atoms with Crippen LogP contribution in [0.2, 0.25) is 0 Å². The molecule has 0 saturated heterocycles. The maximum atomic E-state index is 13.1. The maximum Gasteiger partial charge on any atom is 0.416 e. The standard InChI is InChI=1S/C30H25F3N2O3/c31-30(32,33)24-10-4-9-22(16-24)29(37)35-15-14-26-23(19-35)18-27(38-26)21-8-5-11-25(17-21)34-28(36)13-12-20-6-2-1-3-7-20/h1-11,16-18H,12-15,19H2,(H,34,36). The summed E-state index contributed by atoms with van der Waals surface area (Å²) in [4.78, 5) is 26.9. The minimum Gasteiger partial charge on any atom is -0.461 e. The van der Waals surface area contributed by atoms with Gasteiger partial charge in [0, 0.05) is 48.3 Å². The summed E-state index contributed by atoms with van der Waals surface area (Å²) in [6, 6.07) is 23.5. The van der Waals surface area contributed by atoms with Crippen molar-refractivity contribution in [3.05, 3.63) is 113 Å². The van der Waals surface area contributed by atoms with Crippen LogP contribution >= 0.6 is 0 Å². The molecule has 2 amide bonds. The molecule has 5 rings (SSSR count). The van der Waals surface area contributed by atoms with Gasteiger partial charge in [-0.3, -0.25) is 9.59 Å². The lowest BCUT2D eigenvalue weighted by molar-refractivity contribution is -0.137. The lowest BCUT2D eigenvalue weighted by atomic mass is 10.0. The number of benzene rings is 3. The highest BCUT2D eigenvalue weighted by molar-refractivity contribution is 5.94. The van der Waals surface area contributed by atoms with E-state index in [2.05, 4.69) is 5.32 Å². The number of aryl methyl sites for hydroxylation is 1. The Morgan fingerprint density at radius 1 is 0.921 bits per heavy atom. The summed E-state index contributed by atoms with van der Waals surface area (Å²) >= 11 is 0. The van der Waals surface area contributed by atoms with Gasteiger partial charge in [0.25, 0.3) is 5.91 Å². The fourth-order valence-electron chi connectivity index (χ4n) is 4.54. The third kappa shape index (κ3) is 5.80. The number of amides is 2. The van der Waals surface area contributed by atoms with Crippen molar-refractivity contribution in [3.63, 3.8) is 0 Å². The molecule has 0 aliphatic carbocycles. The molecule has 5 nitrogen and oxygen atoms in total. The van der Waals surface area contributed by atoms with Crippen molar-refractivity contribution in [2.75, 3.05) is 11.9 Å². The van der Waals surface area contributed by atoms with E-state index in [1.807, 2.05) is 60.7 Å². The number of rotatable bonds is 6. The molecule has 8 heteroatoms. The summed E-state index contributed by atoms with van der Waals surface area (Å²) in [5, 5.41) is 2.93. The van der Waals surface area contributed by atoms with Gasteiger partial charge in [-0.25, -0.2) is 0 Å². The molecule has 4 aromatic rings. The molecule has 2 heterocycles. The number of carbonyl (C=O) groups is 2. The second-order valence-electron chi connectivity index (χ2n) is 9.23. The van der Waals surface area contributed by atoms with E-state index in [0.717, 1.165) is 34.6 Å². The Bertz CT molecular complexity index is 1460. The van der Waals surface area contributed by atoms with Gasteiger partial charge in [0.2, 0.25) is 5.91 Å². The molecule has 0 unspecified atom stereocenters. The third-order valence-corrected chi connectivity index (χ3v) is 6.51. The van der Waals surface area contributed by atoms with Gasteiger partial charge in [0.1, 0.15) is 11.5 Å². The predicted octanol–water partition coefficient (Wildman–Crippen LogP) is 6.74. The van der Waals surface area contributed by atoms with Gasteiger partial charge in [0.15, 0.2) is 0 Å². The summed E-state index contributed by atoms with van der Waals surface area (Å²) in [5.74, 6) is 0.798. The molecule has 194 valence electrons. The summed E-state index contributed by atoms with van der Waals surface area (Å²) < 4.78 is 45.3. The minimum atomic E-state index is -4.51. The monoisotopic (exact) mass is 518 g/mol. The quantitative estimate of drug-likeness (QED) is 0.308. The molecule has 1 aromatic heterocycles. The van der Waals surface area contributed by atoms with Gasteiger partial charge >= 0.3 is 6.18 Å². The van der Waals surface area contributed by atoms with Crippen LogP contribution < -0.4 is 5.32 Å². The van der Waals surface area contributed by atoms with Gasteiger partial charge in [-0.05, 0) is 48.4 Å². The molecule has 0 spiro atoms. The number of hydrogen-bond donors (Lipinski definition) is 1. The van der Waals surface area contributed by atoms with Gasteiger partial charge in [-0.2, -0.15) is 13.2 Å². The maximum absolute atomic E-state index is 13.1. The average Bonchev–Trinajstić information content (AvgIpc) is 3.35. The number of nitrogens with zero attached hydrogens (tertiary/aromatic N) is 1. The Hall–Kier alpha value is -4.33. The van der Waals surface area contributed by atoms with Crippen molar-refractivity contribution in [3.8, 4) is 11.3 Å². The van der Waals surface area contributed by atoms with Gasteiger partial charge in [-0.1, -0.05) is 48.5 Å². The van der Waals surface area contributed by atoms with E-state index in [4.69, 9.17) is 4.42 Å². The third-order valence-electron chi connectivity index (χ3n) is 6.51. The Morgan fingerprint density at radius 2 is 1.71 bits per heavy atom. The molecule has 1 aliphatic heterocycles. The number of halogens is 3. The van der Waals surface area contributed by atoms with Gasteiger partial charge < -0.3 is 14.6 Å². The molecule has 3 aromatic carbocycles. The number of alkyl halides is 3. The Labute approximate surface area is 217 Å². The number of fused-ring (bicyclic) bond motifs is 1. The van der Waals surface area contributed by atoms with Crippen LogP contribution in [-0.4, -0.2) is 23.3 Å². The van der Waals surface area contributed by atoms with Crippen molar-refractivity contribution < 1.29 is 27.2 Å². The fraction of sp³-hybridized carbons (Fsp3) is 0.200. The smallest absolute Gasteiger partial charge is 0.416 e. The topological polar surface area (TPSA) is 62.6 Å². The number of anilines is 1. The van der Waals surface area contributed by atoms with Crippen LogP contribution in [0.15, 0.2) is 89.3 Å². The zero-order valence-electron chi connectivity index (χ0n) is 20.4. The van der Waals surface area contributed by atoms with Crippen LogP contribution in [0.5, 0.6) is 0 Å². The number of nitrogens with one attached hydrogen (secondary N) is 1. The molecule has 0 saturated carbocycles. The first-order valence-corrected chi connectivity index (χ1v) is 12.3. The summed E-state index contributed by atoms with van der Waals surface area (Å²) in [6.45, 7) is 0.580. The van der Waals surface area contributed by atoms with Crippen molar-refractivity contribution in [1.29, 1.82) is 0 Å². The van der Waals surface area contributed by atoms with Crippen LogP contribution in [0.3, 0.4) is 0 Å². The summed E-state index contributed by atoms with van der Waals surface area (Å²) in [5.41, 5.74) is 2.48. The number of hydrogen-bond acceptors (Lipinski definition) is 3. The summed E-state index contributed by atoms with van der Waals surface area (Å²) in [6.07, 6.45) is -3.05. The van der Waals surface area contributed by atoms with Crippen LogP contribution in [0.25, 0.3) is 11.3 Å². The minimum absolute atomic E-state index is 0.00250. The zero-order valence-corrected chi connectivity index (χ0v) is 20.4. The first kappa shape index (κ1) is 25.3. The summed E-state index contributed by atoms with van der Waals surface area (Å²) in [7, 11) is 0. The van der Waals surface area contributed by atoms with Gasteiger partial charge in [0.05, 0.1) is 5.56 Å². The number of furan rings is 1. The Morgan fingerprint density at radius 3 is 2.50 bits per heavy atom. The fourth-order valence-corrected chi connectivity index (χ4v) is 4.54. The van der Waals surface area contributed by atoms with Crippen molar-refractivity contribution in [2.45, 2.75) is 32.0 Å². The van der Waals surface area contributed by atoms with E-state index in [0.29, 0.717) is 37.3 Å². The Kier molecular flexibility index (Phi) is 7.05. The van der Waals surface area contributed by atoms with Crippen LogP contribution in [0, 0.1) is 0 Å². The van der Waals surface area contributed by atoms with Crippen LogP contribution in [0.1, 0.15) is 39.2 Å². The Balaban J connectivity index is 1.25. The molecule has 0 radical (unpaired) electrons. The van der Waals surface area contributed by atoms with E-state index < -0.39 is 17.6 Å². The van der Waals surface area contributed by atoms with Crippen molar-refractivity contribution in [1.82, 2.24) is 4.90 Å². The average molecular weight is 519 g/mol. The molecule has 0 atom stereocenters. The molecule has 1 aliphatic rings. The number of carbonyl (C=O) groups excluding carboxylic acids is 2. The van der Waals surface area contributed by atoms with E-state index in [1.54, 1.807) is 0 Å². The van der Waals surface area contributed by atoms with E-state index >= 15 is 0 Å². The van der Waals surface area contributed by atoms with E-state index in [1.165, 1.54) is 17.0 Å². The van der Waals surface area contributed by atoms with Crippen molar-refractivity contribution in [2.24, 2.45) is 0 Å². The van der Waals surface area contributed by atoms with Crippen LogP contribution in [-0.2, 0) is 30.4 Å². The highest BCUT2D eigenvalue weighted by Crippen LogP contribution is 2.33. The normalized spacial score (nSPS) is 13.2. The van der Waals surface area contributed by atoms with Crippen molar-refractivity contribution >= 4 is 17.5 Å². The van der Waals surface area contributed by atoms with E-state index in [-0.39, 0.29) is 18.0 Å². The molecular weight excluding hydrogens is 493 g/mol. The second-order valence-corrected chi connectivity index (χ2v) is 9.23. The van der Waals surface area contributed by atoms with Crippen LogP contribution in [0.4, 0.5) is 18.9 Å². The lowest BCUT2D eigenvalue weighted by Crippen LogP contribution is -2.35. The predicted molar refractivity (Wildman–Crippen MR) is 137 cm³/mol. The first-order valence-electron chi connectivity index (χ1n) is 12.3. The highest BCUT2D eigenvalue weighted by Gasteiger charge is 2.32. The SMILES string of the molecule is O=C(CCc1ccccc1)Nc1cccc(-c2cc3c(o2)CCN(C(=O)c2cccc(C(F)(F)F)c2)C3)c1.